The zero-order valence-electron chi connectivity index (χ0n) is 25.4. The molecule has 1 heterocycles. The molecule has 0 spiro atoms. The van der Waals surface area contributed by atoms with Crippen LogP contribution < -0.4 is 9.47 Å². The van der Waals surface area contributed by atoms with Gasteiger partial charge < -0.3 is 24.4 Å². The summed E-state index contributed by atoms with van der Waals surface area (Å²) in [6, 6.07) is 31.2. The van der Waals surface area contributed by atoms with Gasteiger partial charge in [-0.05, 0) is 79.2 Å². The van der Waals surface area contributed by atoms with Crippen molar-refractivity contribution in [2.24, 2.45) is 0 Å². The molecular formula is C37H38N2O5. The van der Waals surface area contributed by atoms with Crippen molar-refractivity contribution in [2.75, 3.05) is 26.2 Å². The molecule has 1 aliphatic rings. The molecule has 0 aliphatic carbocycles. The minimum absolute atomic E-state index is 0.0625. The zero-order chi connectivity index (χ0) is 31.1. The molecule has 226 valence electrons. The SMILES string of the molecule is CCN(CC)CCN1C(=O)C(=O)/C(=C(/O)c2ccc(OCc3ccccc3)cc2C)C1c1cccc(Oc2ccccc2)c1. The number of carbonyl (C=O) groups is 2. The van der Waals surface area contributed by atoms with E-state index in [1.165, 1.54) is 0 Å². The smallest absolute Gasteiger partial charge is 0.295 e. The van der Waals surface area contributed by atoms with Crippen LogP contribution in [0.5, 0.6) is 17.2 Å². The Hall–Kier alpha value is -4.88. The first-order valence-corrected chi connectivity index (χ1v) is 15.0. The summed E-state index contributed by atoms with van der Waals surface area (Å²) in [5.41, 5.74) is 2.98. The van der Waals surface area contributed by atoms with Crippen LogP contribution in [-0.2, 0) is 16.2 Å². The third-order valence-electron chi connectivity index (χ3n) is 7.95. The van der Waals surface area contributed by atoms with Gasteiger partial charge in [0.25, 0.3) is 11.7 Å². The lowest BCUT2D eigenvalue weighted by Crippen LogP contribution is -2.38. The number of rotatable bonds is 12. The number of aliphatic hydroxyl groups is 1. The Bertz CT molecular complexity index is 1630. The number of ether oxygens (including phenoxy) is 2. The highest BCUT2D eigenvalue weighted by molar-refractivity contribution is 6.46. The van der Waals surface area contributed by atoms with Crippen molar-refractivity contribution < 1.29 is 24.2 Å². The molecule has 44 heavy (non-hydrogen) atoms. The molecule has 1 amide bonds. The van der Waals surface area contributed by atoms with Crippen molar-refractivity contribution in [3.63, 3.8) is 0 Å². The van der Waals surface area contributed by atoms with Gasteiger partial charge in [-0.1, -0.05) is 74.5 Å². The Morgan fingerprint density at radius 2 is 1.50 bits per heavy atom. The minimum atomic E-state index is -0.779. The van der Waals surface area contributed by atoms with E-state index in [1.54, 1.807) is 17.0 Å². The van der Waals surface area contributed by atoms with Gasteiger partial charge in [0, 0.05) is 18.7 Å². The molecule has 7 heteroatoms. The lowest BCUT2D eigenvalue weighted by molar-refractivity contribution is -0.140. The van der Waals surface area contributed by atoms with E-state index in [0.29, 0.717) is 48.1 Å². The summed E-state index contributed by atoms with van der Waals surface area (Å²) < 4.78 is 12.0. The van der Waals surface area contributed by atoms with E-state index < -0.39 is 17.7 Å². The normalized spacial score (nSPS) is 16.0. The topological polar surface area (TPSA) is 79.3 Å². The van der Waals surface area contributed by atoms with E-state index in [9.17, 15) is 14.7 Å². The van der Waals surface area contributed by atoms with Crippen molar-refractivity contribution in [3.8, 4) is 17.2 Å². The number of carbonyl (C=O) groups excluding carboxylic acids is 2. The molecule has 1 atom stereocenters. The number of amides is 1. The number of para-hydroxylation sites is 1. The molecule has 1 N–H and O–H groups in total. The predicted octanol–water partition coefficient (Wildman–Crippen LogP) is 7.13. The highest BCUT2D eigenvalue weighted by Gasteiger charge is 2.46. The average Bonchev–Trinajstić information content (AvgIpc) is 3.30. The van der Waals surface area contributed by atoms with Gasteiger partial charge in [0.05, 0.1) is 11.6 Å². The molecule has 5 rings (SSSR count). The maximum atomic E-state index is 13.6. The Morgan fingerprint density at radius 1 is 0.818 bits per heavy atom. The average molecular weight is 591 g/mol. The summed E-state index contributed by atoms with van der Waals surface area (Å²) in [5.74, 6) is 0.346. The first kappa shape index (κ1) is 30.6. The van der Waals surface area contributed by atoms with Crippen molar-refractivity contribution in [1.82, 2.24) is 9.80 Å². The molecule has 1 fully saturated rings. The van der Waals surface area contributed by atoms with Crippen LogP contribution in [0.25, 0.3) is 5.76 Å². The van der Waals surface area contributed by atoms with Crippen molar-refractivity contribution in [2.45, 2.75) is 33.4 Å². The Balaban J connectivity index is 1.51. The number of hydrogen-bond donors (Lipinski definition) is 1. The number of likely N-dealkylation sites (tertiary alicyclic amines) is 1. The molecule has 1 saturated heterocycles. The molecule has 4 aromatic carbocycles. The summed E-state index contributed by atoms with van der Waals surface area (Å²) in [5, 5.41) is 11.7. The number of nitrogens with zero attached hydrogens (tertiary/aromatic N) is 2. The van der Waals surface area contributed by atoms with Gasteiger partial charge in [-0.15, -0.1) is 0 Å². The van der Waals surface area contributed by atoms with E-state index in [1.807, 2.05) is 97.9 Å². The second-order valence-corrected chi connectivity index (χ2v) is 10.8. The third kappa shape index (κ3) is 6.84. The first-order chi connectivity index (χ1) is 21.4. The molecule has 0 radical (unpaired) electrons. The Labute approximate surface area is 259 Å². The fourth-order valence-electron chi connectivity index (χ4n) is 5.50. The number of hydrogen-bond acceptors (Lipinski definition) is 6. The van der Waals surface area contributed by atoms with Crippen molar-refractivity contribution >= 4 is 17.4 Å². The van der Waals surface area contributed by atoms with Gasteiger partial charge in [0.1, 0.15) is 29.6 Å². The first-order valence-electron chi connectivity index (χ1n) is 15.0. The number of Topliss-reactive ketones (excluding diaryl/α,β-unsaturated/α-hetero) is 1. The van der Waals surface area contributed by atoms with E-state index in [2.05, 4.69) is 18.7 Å². The summed E-state index contributed by atoms with van der Waals surface area (Å²) in [7, 11) is 0. The van der Waals surface area contributed by atoms with Gasteiger partial charge >= 0.3 is 0 Å². The number of likely N-dealkylation sites (N-methyl/N-ethyl adjacent to an activating group) is 1. The van der Waals surface area contributed by atoms with Crippen molar-refractivity contribution in [3.05, 3.63) is 131 Å². The molecule has 0 bridgehead atoms. The summed E-state index contributed by atoms with van der Waals surface area (Å²) in [6.45, 7) is 8.97. The van der Waals surface area contributed by atoms with Gasteiger partial charge in [-0.25, -0.2) is 0 Å². The monoisotopic (exact) mass is 590 g/mol. The molecule has 1 unspecified atom stereocenters. The highest BCUT2D eigenvalue weighted by atomic mass is 16.5. The zero-order valence-corrected chi connectivity index (χ0v) is 25.4. The number of aliphatic hydroxyl groups excluding tert-OH is 1. The Morgan fingerprint density at radius 3 is 2.18 bits per heavy atom. The third-order valence-corrected chi connectivity index (χ3v) is 7.95. The molecule has 0 aromatic heterocycles. The molecule has 0 saturated carbocycles. The standard InChI is InChI=1S/C37H38N2O5/c1-4-38(5-2)21-22-39-34(28-15-12-18-31(24-28)44-29-16-10-7-11-17-29)33(36(41)37(39)42)35(40)32-20-19-30(23-26(32)3)43-25-27-13-8-6-9-14-27/h6-20,23-24,34,40H,4-5,21-22,25H2,1-3H3/b35-33+. The number of aryl methyl sites for hydroxylation is 1. The fraction of sp³-hybridized carbons (Fsp3) is 0.243. The molecular weight excluding hydrogens is 552 g/mol. The highest BCUT2D eigenvalue weighted by Crippen LogP contribution is 2.41. The second kappa shape index (κ2) is 14.1. The maximum absolute atomic E-state index is 13.6. The number of ketones is 1. The fourth-order valence-corrected chi connectivity index (χ4v) is 5.50. The van der Waals surface area contributed by atoms with Gasteiger partial charge in [0.15, 0.2) is 0 Å². The van der Waals surface area contributed by atoms with Crippen molar-refractivity contribution in [1.29, 1.82) is 0 Å². The van der Waals surface area contributed by atoms with Crippen LogP contribution in [-0.4, -0.2) is 52.8 Å². The van der Waals surface area contributed by atoms with Crippen LogP contribution in [0.2, 0.25) is 0 Å². The van der Waals surface area contributed by atoms with E-state index >= 15 is 0 Å². The van der Waals surface area contributed by atoms with Gasteiger partial charge in [-0.3, -0.25) is 9.59 Å². The predicted molar refractivity (Wildman–Crippen MR) is 172 cm³/mol. The van der Waals surface area contributed by atoms with E-state index in [-0.39, 0.29) is 11.3 Å². The quantitative estimate of drug-likeness (QED) is 0.107. The van der Waals surface area contributed by atoms with E-state index in [0.717, 1.165) is 24.2 Å². The maximum Gasteiger partial charge on any atom is 0.295 e. The minimum Gasteiger partial charge on any atom is -0.507 e. The largest absolute Gasteiger partial charge is 0.507 e. The van der Waals surface area contributed by atoms with Crippen LogP contribution in [0.1, 0.15) is 42.1 Å². The Kier molecular flexibility index (Phi) is 9.77. The van der Waals surface area contributed by atoms with E-state index in [4.69, 9.17) is 9.47 Å². The van der Waals surface area contributed by atoms with Crippen LogP contribution >= 0.6 is 0 Å². The van der Waals surface area contributed by atoms with Crippen LogP contribution in [0.4, 0.5) is 0 Å². The van der Waals surface area contributed by atoms with Gasteiger partial charge in [-0.2, -0.15) is 0 Å². The molecule has 7 nitrogen and oxygen atoms in total. The molecule has 1 aliphatic heterocycles. The second-order valence-electron chi connectivity index (χ2n) is 10.8. The lowest BCUT2D eigenvalue weighted by Gasteiger charge is -2.28. The van der Waals surface area contributed by atoms with Crippen LogP contribution in [0.15, 0.2) is 109 Å². The van der Waals surface area contributed by atoms with Crippen LogP contribution in [0.3, 0.4) is 0 Å². The molecule has 4 aromatic rings. The summed E-state index contributed by atoms with van der Waals surface area (Å²) >= 11 is 0. The van der Waals surface area contributed by atoms with Gasteiger partial charge in [0.2, 0.25) is 0 Å². The lowest BCUT2D eigenvalue weighted by atomic mass is 9.93. The summed E-state index contributed by atoms with van der Waals surface area (Å²) in [4.78, 5) is 30.9. The number of benzene rings is 4. The van der Waals surface area contributed by atoms with Crippen LogP contribution in [0, 0.1) is 6.92 Å². The summed E-state index contributed by atoms with van der Waals surface area (Å²) in [6.07, 6.45) is 0.